The maximum atomic E-state index is 12.4. The zero-order valence-electron chi connectivity index (χ0n) is 13.8. The van der Waals surface area contributed by atoms with Gasteiger partial charge in [-0.15, -0.1) is 0 Å². The molecule has 0 saturated heterocycles. The summed E-state index contributed by atoms with van der Waals surface area (Å²) in [6.07, 6.45) is 0.183. The third-order valence-electron chi connectivity index (χ3n) is 3.76. The summed E-state index contributed by atoms with van der Waals surface area (Å²) in [6.45, 7) is 1.41. The summed E-state index contributed by atoms with van der Waals surface area (Å²) in [7, 11) is 1.59. The Morgan fingerprint density at radius 3 is 2.52 bits per heavy atom. The number of benzene rings is 2. The van der Waals surface area contributed by atoms with E-state index in [1.54, 1.807) is 25.3 Å². The minimum absolute atomic E-state index is 0.149. The molecule has 0 radical (unpaired) electrons. The number of furan rings is 1. The van der Waals surface area contributed by atoms with Gasteiger partial charge in [0, 0.05) is 16.8 Å². The fraction of sp³-hybridized carbons (Fsp3) is 0.158. The Hall–Kier alpha value is -2.60. The number of methoxy groups -OCH3 is 1. The lowest BCUT2D eigenvalue weighted by atomic mass is 10.1. The minimum atomic E-state index is -0.243. The van der Waals surface area contributed by atoms with E-state index in [0.29, 0.717) is 16.7 Å². The number of anilines is 1. The Morgan fingerprint density at radius 2 is 1.88 bits per heavy atom. The number of ketones is 1. The maximum Gasteiger partial charge on any atom is 0.228 e. The van der Waals surface area contributed by atoms with Gasteiger partial charge in [-0.3, -0.25) is 9.59 Å². The van der Waals surface area contributed by atoms with Crippen molar-refractivity contribution in [2.75, 3.05) is 12.4 Å². The van der Waals surface area contributed by atoms with E-state index >= 15 is 0 Å². The number of rotatable bonds is 5. The largest absolute Gasteiger partial charge is 0.497 e. The third-order valence-corrected chi connectivity index (χ3v) is 4.25. The summed E-state index contributed by atoms with van der Waals surface area (Å²) >= 11 is 3.40. The highest BCUT2D eigenvalue weighted by Crippen LogP contribution is 2.33. The summed E-state index contributed by atoms with van der Waals surface area (Å²) in [6, 6.07) is 12.6. The average Bonchev–Trinajstić information content (AvgIpc) is 2.93. The molecule has 3 aromatic rings. The molecule has 0 aliphatic heterocycles. The smallest absolute Gasteiger partial charge is 0.228 e. The van der Waals surface area contributed by atoms with Crippen LogP contribution in [0.15, 0.2) is 51.4 Å². The SMILES string of the molecule is COc1ccc(CC(=O)Nc2c(C(C)=O)oc3ccc(Br)cc23)cc1. The topological polar surface area (TPSA) is 68.5 Å². The Balaban J connectivity index is 1.87. The van der Waals surface area contributed by atoms with Crippen LogP contribution in [0.25, 0.3) is 11.0 Å². The summed E-state index contributed by atoms with van der Waals surface area (Å²) in [5.74, 6) is 0.410. The number of carbonyl (C=O) groups is 2. The number of carbonyl (C=O) groups excluding carboxylic acids is 2. The summed E-state index contributed by atoms with van der Waals surface area (Å²) < 4.78 is 11.5. The molecule has 3 rings (SSSR count). The Morgan fingerprint density at radius 1 is 1.16 bits per heavy atom. The molecular weight excluding hydrogens is 386 g/mol. The Labute approximate surface area is 153 Å². The molecule has 0 saturated carbocycles. The van der Waals surface area contributed by atoms with E-state index in [9.17, 15) is 9.59 Å². The second-order valence-corrected chi connectivity index (χ2v) is 6.49. The van der Waals surface area contributed by atoms with E-state index in [-0.39, 0.29) is 23.9 Å². The van der Waals surface area contributed by atoms with Crippen molar-refractivity contribution in [3.8, 4) is 5.75 Å². The van der Waals surface area contributed by atoms with Gasteiger partial charge in [0.2, 0.25) is 5.91 Å². The molecule has 6 heteroatoms. The highest BCUT2D eigenvalue weighted by Gasteiger charge is 2.20. The molecule has 5 nitrogen and oxygen atoms in total. The second-order valence-electron chi connectivity index (χ2n) is 5.58. The van der Waals surface area contributed by atoms with Gasteiger partial charge in [-0.25, -0.2) is 0 Å². The molecular formula is C19H16BrNO4. The van der Waals surface area contributed by atoms with Crippen molar-refractivity contribution in [3.63, 3.8) is 0 Å². The van der Waals surface area contributed by atoms with Crippen molar-refractivity contribution in [1.29, 1.82) is 0 Å². The predicted molar refractivity (Wildman–Crippen MR) is 99.2 cm³/mol. The molecule has 0 aliphatic carbocycles. The van der Waals surface area contributed by atoms with Gasteiger partial charge in [-0.1, -0.05) is 28.1 Å². The number of halogens is 1. The molecule has 0 bridgehead atoms. The summed E-state index contributed by atoms with van der Waals surface area (Å²) in [5, 5.41) is 3.50. The van der Waals surface area contributed by atoms with Crippen LogP contribution in [-0.4, -0.2) is 18.8 Å². The molecule has 1 amide bonds. The maximum absolute atomic E-state index is 12.4. The molecule has 1 N–H and O–H groups in total. The first-order valence-electron chi connectivity index (χ1n) is 7.63. The lowest BCUT2D eigenvalue weighted by Crippen LogP contribution is -2.15. The molecule has 0 unspecified atom stereocenters. The lowest BCUT2D eigenvalue weighted by Gasteiger charge is -2.06. The number of fused-ring (bicyclic) bond motifs is 1. The van der Waals surface area contributed by atoms with Crippen molar-refractivity contribution in [3.05, 3.63) is 58.3 Å². The molecule has 0 fully saturated rings. The van der Waals surface area contributed by atoms with Crippen LogP contribution in [0.4, 0.5) is 5.69 Å². The zero-order valence-corrected chi connectivity index (χ0v) is 15.3. The molecule has 0 atom stereocenters. The van der Waals surface area contributed by atoms with E-state index in [1.807, 2.05) is 24.3 Å². The Kier molecular flexibility index (Phi) is 4.90. The monoisotopic (exact) mass is 401 g/mol. The number of ether oxygens (including phenoxy) is 1. The van der Waals surface area contributed by atoms with Gasteiger partial charge in [0.1, 0.15) is 11.3 Å². The van der Waals surface area contributed by atoms with Gasteiger partial charge < -0.3 is 14.5 Å². The van der Waals surface area contributed by atoms with Gasteiger partial charge >= 0.3 is 0 Å². The van der Waals surface area contributed by atoms with Gasteiger partial charge in [-0.2, -0.15) is 0 Å². The van der Waals surface area contributed by atoms with Crippen LogP contribution in [0.1, 0.15) is 23.0 Å². The fourth-order valence-electron chi connectivity index (χ4n) is 2.55. The van der Waals surface area contributed by atoms with Crippen LogP contribution in [0.5, 0.6) is 5.75 Å². The number of Topliss-reactive ketones (excluding diaryl/α,β-unsaturated/α-hetero) is 1. The second kappa shape index (κ2) is 7.11. The van der Waals surface area contributed by atoms with E-state index < -0.39 is 0 Å². The van der Waals surface area contributed by atoms with Crippen LogP contribution in [0, 0.1) is 0 Å². The molecule has 0 spiro atoms. The van der Waals surface area contributed by atoms with Gasteiger partial charge in [0.25, 0.3) is 0 Å². The molecule has 25 heavy (non-hydrogen) atoms. The number of amides is 1. The van der Waals surface area contributed by atoms with Crippen LogP contribution in [0.3, 0.4) is 0 Å². The van der Waals surface area contributed by atoms with Crippen LogP contribution >= 0.6 is 15.9 Å². The van der Waals surface area contributed by atoms with Crippen LogP contribution in [0.2, 0.25) is 0 Å². The van der Waals surface area contributed by atoms with E-state index in [1.165, 1.54) is 6.92 Å². The summed E-state index contributed by atoms with van der Waals surface area (Å²) in [5.41, 5.74) is 1.80. The fourth-order valence-corrected chi connectivity index (χ4v) is 2.92. The number of nitrogens with one attached hydrogen (secondary N) is 1. The number of hydrogen-bond donors (Lipinski definition) is 1. The molecule has 2 aromatic carbocycles. The standard InChI is InChI=1S/C19H16BrNO4/c1-11(22)19-18(15-10-13(20)5-8-16(15)25-19)21-17(23)9-12-3-6-14(24-2)7-4-12/h3-8,10H,9H2,1-2H3,(H,21,23). The Bertz CT molecular complexity index is 944. The van der Waals surface area contributed by atoms with Gasteiger partial charge in [0.05, 0.1) is 19.2 Å². The van der Waals surface area contributed by atoms with E-state index in [0.717, 1.165) is 15.8 Å². The normalized spacial score (nSPS) is 10.7. The van der Waals surface area contributed by atoms with Crippen molar-refractivity contribution in [2.45, 2.75) is 13.3 Å². The molecule has 1 heterocycles. The quantitative estimate of drug-likeness (QED) is 0.634. The average molecular weight is 402 g/mol. The number of hydrogen-bond acceptors (Lipinski definition) is 4. The predicted octanol–water partition coefficient (Wildman–Crippen LogP) is 4.59. The first-order chi connectivity index (χ1) is 12.0. The molecule has 1 aromatic heterocycles. The van der Waals surface area contributed by atoms with Crippen molar-refractivity contribution in [2.24, 2.45) is 0 Å². The molecule has 0 aliphatic rings. The first-order valence-corrected chi connectivity index (χ1v) is 8.43. The highest BCUT2D eigenvalue weighted by molar-refractivity contribution is 9.10. The van der Waals surface area contributed by atoms with Gasteiger partial charge in [-0.05, 0) is 35.9 Å². The van der Waals surface area contributed by atoms with Crippen molar-refractivity contribution in [1.82, 2.24) is 0 Å². The molecule has 128 valence electrons. The van der Waals surface area contributed by atoms with E-state index in [2.05, 4.69) is 21.2 Å². The highest BCUT2D eigenvalue weighted by atomic mass is 79.9. The van der Waals surface area contributed by atoms with Crippen LogP contribution in [-0.2, 0) is 11.2 Å². The zero-order chi connectivity index (χ0) is 18.0. The minimum Gasteiger partial charge on any atom is -0.497 e. The third kappa shape index (κ3) is 3.74. The van der Waals surface area contributed by atoms with Crippen molar-refractivity contribution < 1.29 is 18.7 Å². The summed E-state index contributed by atoms with van der Waals surface area (Å²) in [4.78, 5) is 24.3. The first kappa shape index (κ1) is 17.2. The van der Waals surface area contributed by atoms with Gasteiger partial charge in [0.15, 0.2) is 11.5 Å². The van der Waals surface area contributed by atoms with Crippen molar-refractivity contribution >= 4 is 44.3 Å². The lowest BCUT2D eigenvalue weighted by molar-refractivity contribution is -0.115. The van der Waals surface area contributed by atoms with Crippen LogP contribution < -0.4 is 10.1 Å². The van der Waals surface area contributed by atoms with E-state index in [4.69, 9.17) is 9.15 Å².